The van der Waals surface area contributed by atoms with Crippen molar-refractivity contribution in [2.75, 3.05) is 6.61 Å². The maximum Gasteiger partial charge on any atom is 0.132 e. The lowest BCUT2D eigenvalue weighted by molar-refractivity contribution is 0.317. The van der Waals surface area contributed by atoms with Crippen LogP contribution in [0.1, 0.15) is 69.1 Å². The number of rotatable bonds is 10. The quantitative estimate of drug-likeness (QED) is 0.234. The normalized spacial score (nSPS) is 10.5. The molecule has 0 saturated carbocycles. The van der Waals surface area contributed by atoms with E-state index in [-0.39, 0.29) is 5.82 Å². The molecule has 32 heavy (non-hydrogen) atoms. The highest BCUT2D eigenvalue weighted by Crippen LogP contribution is 2.24. The van der Waals surface area contributed by atoms with Gasteiger partial charge in [0.25, 0.3) is 0 Å². The van der Waals surface area contributed by atoms with Gasteiger partial charge >= 0.3 is 0 Å². The molecule has 0 heterocycles. The van der Waals surface area contributed by atoms with E-state index in [9.17, 15) is 4.39 Å². The van der Waals surface area contributed by atoms with Crippen LogP contribution in [0.4, 0.5) is 4.39 Å². The van der Waals surface area contributed by atoms with Gasteiger partial charge < -0.3 is 4.74 Å². The van der Waals surface area contributed by atoms with Crippen LogP contribution >= 0.6 is 0 Å². The summed E-state index contributed by atoms with van der Waals surface area (Å²) in [5.41, 5.74) is 4.38. The molecule has 3 aromatic rings. The van der Waals surface area contributed by atoms with Crippen molar-refractivity contribution in [3.63, 3.8) is 0 Å². The van der Waals surface area contributed by atoms with Crippen molar-refractivity contribution < 1.29 is 9.13 Å². The zero-order chi connectivity index (χ0) is 22.6. The van der Waals surface area contributed by atoms with Gasteiger partial charge in [-0.15, -0.1) is 0 Å². The third-order valence-electron chi connectivity index (χ3n) is 5.48. The van der Waals surface area contributed by atoms with Crippen molar-refractivity contribution in [3.8, 4) is 28.7 Å². The van der Waals surface area contributed by atoms with Gasteiger partial charge in [0.05, 0.1) is 6.61 Å². The van der Waals surface area contributed by atoms with Gasteiger partial charge in [-0.3, -0.25) is 0 Å². The van der Waals surface area contributed by atoms with Gasteiger partial charge in [0, 0.05) is 16.7 Å². The minimum absolute atomic E-state index is 0.243. The van der Waals surface area contributed by atoms with Crippen molar-refractivity contribution in [1.29, 1.82) is 0 Å². The van der Waals surface area contributed by atoms with Crippen molar-refractivity contribution in [3.05, 3.63) is 89.2 Å². The van der Waals surface area contributed by atoms with Gasteiger partial charge in [-0.05, 0) is 66.8 Å². The van der Waals surface area contributed by atoms with E-state index in [4.69, 9.17) is 4.74 Å². The first kappa shape index (κ1) is 23.6. The summed E-state index contributed by atoms with van der Waals surface area (Å²) in [5, 5.41) is 0. The Balaban J connectivity index is 1.61. The Bertz CT molecular complexity index is 1020. The Kier molecular flexibility index (Phi) is 9.38. The topological polar surface area (TPSA) is 9.23 Å². The van der Waals surface area contributed by atoms with Crippen LogP contribution in [0.5, 0.6) is 5.75 Å². The predicted octanol–water partition coefficient (Wildman–Crippen LogP) is 8.19. The molecular formula is C30H33FO. The fraction of sp³-hybridized carbons (Fsp3) is 0.333. The SMILES string of the molecule is CCCCCCCc1ccc(-c2ccc(C#Cc3ccc(OCCC)cc3)cc2F)cc1. The molecule has 0 aliphatic heterocycles. The number of ether oxygens (including phenoxy) is 1. The second kappa shape index (κ2) is 12.7. The third-order valence-corrected chi connectivity index (χ3v) is 5.48. The zero-order valence-electron chi connectivity index (χ0n) is 19.3. The van der Waals surface area contributed by atoms with E-state index in [1.54, 1.807) is 0 Å². The molecule has 0 spiro atoms. The summed E-state index contributed by atoms with van der Waals surface area (Å²) in [7, 11) is 0. The largest absolute Gasteiger partial charge is 0.494 e. The van der Waals surface area contributed by atoms with Gasteiger partial charge in [-0.2, -0.15) is 0 Å². The number of halogens is 1. The monoisotopic (exact) mass is 428 g/mol. The Morgan fingerprint density at radius 1 is 0.719 bits per heavy atom. The highest BCUT2D eigenvalue weighted by atomic mass is 19.1. The highest BCUT2D eigenvalue weighted by Gasteiger charge is 2.06. The van der Waals surface area contributed by atoms with Gasteiger partial charge in [-0.1, -0.05) is 81.7 Å². The molecule has 0 aliphatic rings. The lowest BCUT2D eigenvalue weighted by atomic mass is 9.99. The maximum absolute atomic E-state index is 14.8. The Labute approximate surface area is 192 Å². The molecule has 0 N–H and O–H groups in total. The minimum Gasteiger partial charge on any atom is -0.494 e. The number of unbranched alkanes of at least 4 members (excludes halogenated alkanes) is 4. The predicted molar refractivity (Wildman–Crippen MR) is 133 cm³/mol. The maximum atomic E-state index is 14.8. The molecule has 1 nitrogen and oxygen atoms in total. The van der Waals surface area contributed by atoms with Gasteiger partial charge in [0.1, 0.15) is 11.6 Å². The average molecular weight is 429 g/mol. The molecule has 3 aromatic carbocycles. The van der Waals surface area contributed by atoms with Crippen LogP contribution in [0, 0.1) is 17.7 Å². The van der Waals surface area contributed by atoms with E-state index < -0.39 is 0 Å². The summed E-state index contributed by atoms with van der Waals surface area (Å²) in [6, 6.07) is 21.2. The first-order valence-electron chi connectivity index (χ1n) is 11.8. The molecule has 0 bridgehead atoms. The molecule has 166 valence electrons. The minimum atomic E-state index is -0.243. The summed E-state index contributed by atoms with van der Waals surface area (Å²) in [4.78, 5) is 0. The first-order chi connectivity index (χ1) is 15.7. The average Bonchev–Trinajstić information content (AvgIpc) is 2.82. The lowest BCUT2D eigenvalue weighted by Gasteiger charge is -2.07. The highest BCUT2D eigenvalue weighted by molar-refractivity contribution is 5.65. The molecule has 2 heteroatoms. The van der Waals surface area contributed by atoms with Crippen molar-refractivity contribution in [2.45, 2.75) is 58.8 Å². The second-order valence-electron chi connectivity index (χ2n) is 8.18. The van der Waals surface area contributed by atoms with E-state index in [1.807, 2.05) is 48.5 Å². The van der Waals surface area contributed by atoms with Crippen LogP contribution in [-0.4, -0.2) is 6.61 Å². The number of benzene rings is 3. The summed E-state index contributed by atoms with van der Waals surface area (Å²) < 4.78 is 20.4. The van der Waals surface area contributed by atoms with Gasteiger partial charge in [-0.25, -0.2) is 4.39 Å². The molecule has 0 radical (unpaired) electrons. The fourth-order valence-electron chi connectivity index (χ4n) is 3.61. The molecule has 3 rings (SSSR count). The molecule has 0 saturated heterocycles. The van der Waals surface area contributed by atoms with Crippen molar-refractivity contribution >= 4 is 0 Å². The number of hydrogen-bond donors (Lipinski definition) is 0. The smallest absolute Gasteiger partial charge is 0.132 e. The van der Waals surface area contributed by atoms with Crippen LogP contribution in [-0.2, 0) is 6.42 Å². The van der Waals surface area contributed by atoms with Gasteiger partial charge in [0.15, 0.2) is 0 Å². The second-order valence-corrected chi connectivity index (χ2v) is 8.18. The number of aryl methyl sites for hydroxylation is 1. The summed E-state index contributed by atoms with van der Waals surface area (Å²) >= 11 is 0. The lowest BCUT2D eigenvalue weighted by Crippen LogP contribution is -1.94. The van der Waals surface area contributed by atoms with Gasteiger partial charge in [0.2, 0.25) is 0 Å². The van der Waals surface area contributed by atoms with E-state index in [0.717, 1.165) is 29.7 Å². The molecule has 0 atom stereocenters. The molecule has 0 aliphatic carbocycles. The van der Waals surface area contributed by atoms with E-state index in [2.05, 4.69) is 37.8 Å². The molecular weight excluding hydrogens is 395 g/mol. The van der Waals surface area contributed by atoms with Crippen molar-refractivity contribution in [2.24, 2.45) is 0 Å². The Morgan fingerprint density at radius 2 is 1.41 bits per heavy atom. The van der Waals surface area contributed by atoms with Crippen LogP contribution in [0.25, 0.3) is 11.1 Å². The van der Waals surface area contributed by atoms with E-state index in [1.165, 1.54) is 43.7 Å². The third kappa shape index (κ3) is 7.27. The van der Waals surface area contributed by atoms with Crippen molar-refractivity contribution in [1.82, 2.24) is 0 Å². The molecule has 0 amide bonds. The summed E-state index contributed by atoms with van der Waals surface area (Å²) in [6.07, 6.45) is 8.47. The number of hydrogen-bond acceptors (Lipinski definition) is 1. The van der Waals surface area contributed by atoms with Crippen LogP contribution in [0.15, 0.2) is 66.7 Å². The molecule has 0 fully saturated rings. The first-order valence-corrected chi connectivity index (χ1v) is 11.8. The summed E-state index contributed by atoms with van der Waals surface area (Å²) in [5.74, 6) is 6.76. The van der Waals surface area contributed by atoms with Crippen LogP contribution in [0.3, 0.4) is 0 Å². The molecule has 0 aromatic heterocycles. The van der Waals surface area contributed by atoms with E-state index >= 15 is 0 Å². The molecule has 0 unspecified atom stereocenters. The van der Waals surface area contributed by atoms with Crippen LogP contribution < -0.4 is 4.74 Å². The standard InChI is InChI=1S/C30H33FO/c1-3-5-6-7-8-9-24-12-17-27(18-13-24)29-21-16-26(23-30(29)31)11-10-25-14-19-28(20-15-25)32-22-4-2/h12-21,23H,3-9,22H2,1-2H3. The zero-order valence-corrected chi connectivity index (χ0v) is 19.3. The Morgan fingerprint density at radius 3 is 2.09 bits per heavy atom. The van der Waals surface area contributed by atoms with Crippen LogP contribution in [0.2, 0.25) is 0 Å². The van der Waals surface area contributed by atoms with E-state index in [0.29, 0.717) is 17.7 Å². The Hall–Kier alpha value is -3.05. The fourth-order valence-corrected chi connectivity index (χ4v) is 3.61. The summed E-state index contributed by atoms with van der Waals surface area (Å²) in [6.45, 7) is 5.02.